The van der Waals surface area contributed by atoms with Crippen LogP contribution in [-0.2, 0) is 23.1 Å². The van der Waals surface area contributed by atoms with Crippen LogP contribution >= 0.6 is 8.60 Å². The summed E-state index contributed by atoms with van der Waals surface area (Å²) in [5.41, 5.74) is 0.621. The number of methoxy groups -OCH3 is 1. The van der Waals surface area contributed by atoms with E-state index in [1.54, 1.807) is 0 Å². The van der Waals surface area contributed by atoms with Crippen molar-refractivity contribution in [1.82, 2.24) is 0 Å². The first-order valence-electron chi connectivity index (χ1n) is 6.27. The molecule has 0 N–H and O–H groups in total. The van der Waals surface area contributed by atoms with Gasteiger partial charge in [-0.25, -0.2) is 4.79 Å². The molecule has 5 nitrogen and oxygen atoms in total. The molecule has 0 aromatic rings. The fraction of sp³-hybridized carbons (Fsp3) is 0.750. The summed E-state index contributed by atoms with van der Waals surface area (Å²) in [5.74, 6) is 0.355. The molecule has 0 fully saturated rings. The standard InChI is InChI=1S/C12H21O5P/c1-4-15-18(16-5-2)17-11-9-7-6-8-10(11)12(13)14-3/h4-9H2,1-3H3. The Morgan fingerprint density at radius 1 is 1.17 bits per heavy atom. The highest BCUT2D eigenvalue weighted by atomic mass is 31.2. The van der Waals surface area contributed by atoms with E-state index in [4.69, 9.17) is 18.3 Å². The molecule has 0 radical (unpaired) electrons. The SMILES string of the molecule is CCOP(OCC)OC1=C(C(=O)OC)CCCC1. The highest BCUT2D eigenvalue weighted by molar-refractivity contribution is 7.41. The Bertz CT molecular complexity index is 297. The molecule has 0 atom stereocenters. The van der Waals surface area contributed by atoms with Crippen LogP contribution in [-0.4, -0.2) is 26.3 Å². The van der Waals surface area contributed by atoms with Crippen LogP contribution in [0.2, 0.25) is 0 Å². The van der Waals surface area contributed by atoms with Gasteiger partial charge in [0.2, 0.25) is 0 Å². The van der Waals surface area contributed by atoms with E-state index in [9.17, 15) is 4.79 Å². The number of carbonyl (C=O) groups is 1. The van der Waals surface area contributed by atoms with Gasteiger partial charge in [0.05, 0.1) is 25.9 Å². The Morgan fingerprint density at radius 2 is 1.78 bits per heavy atom. The van der Waals surface area contributed by atoms with Gasteiger partial charge in [-0.1, -0.05) is 0 Å². The van der Waals surface area contributed by atoms with Gasteiger partial charge >= 0.3 is 14.6 Å². The van der Waals surface area contributed by atoms with Crippen molar-refractivity contribution in [2.24, 2.45) is 0 Å². The predicted molar refractivity (Wildman–Crippen MR) is 68.8 cm³/mol. The van der Waals surface area contributed by atoms with E-state index < -0.39 is 8.60 Å². The number of rotatable bonds is 7. The number of esters is 1. The molecule has 0 aliphatic heterocycles. The van der Waals surface area contributed by atoms with Gasteiger partial charge in [0, 0.05) is 6.42 Å². The Hall–Kier alpha value is -0.640. The maximum Gasteiger partial charge on any atom is 0.396 e. The van der Waals surface area contributed by atoms with Crippen LogP contribution in [0.25, 0.3) is 0 Å². The minimum absolute atomic E-state index is 0.312. The number of ether oxygens (including phenoxy) is 1. The average Bonchev–Trinajstić information content (AvgIpc) is 2.39. The minimum atomic E-state index is -1.41. The van der Waals surface area contributed by atoms with Crippen LogP contribution in [0.1, 0.15) is 39.5 Å². The van der Waals surface area contributed by atoms with Crippen molar-refractivity contribution in [3.63, 3.8) is 0 Å². The second kappa shape index (κ2) is 8.46. The van der Waals surface area contributed by atoms with E-state index >= 15 is 0 Å². The second-order valence-electron chi connectivity index (χ2n) is 3.75. The smallest absolute Gasteiger partial charge is 0.396 e. The van der Waals surface area contributed by atoms with Crippen molar-refractivity contribution >= 4 is 14.6 Å². The number of carbonyl (C=O) groups excluding carboxylic acids is 1. The minimum Gasteiger partial charge on any atom is -0.466 e. The maximum absolute atomic E-state index is 11.6. The maximum atomic E-state index is 11.6. The summed E-state index contributed by atoms with van der Waals surface area (Å²) in [5, 5.41) is 0. The van der Waals surface area contributed by atoms with Gasteiger partial charge in [0.25, 0.3) is 0 Å². The molecule has 1 aliphatic rings. The fourth-order valence-electron chi connectivity index (χ4n) is 1.71. The third-order valence-corrected chi connectivity index (χ3v) is 3.81. The van der Waals surface area contributed by atoms with E-state index in [0.717, 1.165) is 19.3 Å². The van der Waals surface area contributed by atoms with E-state index in [1.807, 2.05) is 13.8 Å². The molecule has 0 aromatic heterocycles. The van der Waals surface area contributed by atoms with Crippen LogP contribution < -0.4 is 0 Å². The molecule has 0 saturated heterocycles. The highest BCUT2D eigenvalue weighted by Gasteiger charge is 2.24. The summed E-state index contributed by atoms with van der Waals surface area (Å²) in [7, 11) is -0.0214. The molecule has 0 bridgehead atoms. The molecular weight excluding hydrogens is 255 g/mol. The summed E-state index contributed by atoms with van der Waals surface area (Å²) < 4.78 is 21.2. The lowest BCUT2D eigenvalue weighted by molar-refractivity contribution is -0.136. The van der Waals surface area contributed by atoms with E-state index in [1.165, 1.54) is 7.11 Å². The Balaban J connectivity index is 2.74. The van der Waals surface area contributed by atoms with Crippen molar-refractivity contribution < 1.29 is 23.1 Å². The first kappa shape index (κ1) is 15.4. The molecule has 1 aliphatic carbocycles. The van der Waals surface area contributed by atoms with E-state index in [-0.39, 0.29) is 5.97 Å². The molecule has 0 saturated carbocycles. The Labute approximate surface area is 109 Å². The van der Waals surface area contributed by atoms with Gasteiger partial charge in [0.1, 0.15) is 5.76 Å². The quantitative estimate of drug-likeness (QED) is 0.527. The van der Waals surface area contributed by atoms with Crippen LogP contribution in [0, 0.1) is 0 Å². The van der Waals surface area contributed by atoms with Gasteiger partial charge in [-0.15, -0.1) is 0 Å². The monoisotopic (exact) mass is 276 g/mol. The van der Waals surface area contributed by atoms with Crippen LogP contribution in [0.5, 0.6) is 0 Å². The van der Waals surface area contributed by atoms with Gasteiger partial charge < -0.3 is 18.3 Å². The van der Waals surface area contributed by atoms with Gasteiger partial charge in [-0.2, -0.15) is 0 Å². The molecule has 104 valence electrons. The molecule has 6 heteroatoms. The van der Waals surface area contributed by atoms with Crippen molar-refractivity contribution in [3.8, 4) is 0 Å². The predicted octanol–water partition coefficient (Wildman–Crippen LogP) is 3.30. The molecule has 0 unspecified atom stereocenters. The number of allylic oxidation sites excluding steroid dienone is 1. The van der Waals surface area contributed by atoms with Crippen LogP contribution in [0.4, 0.5) is 0 Å². The van der Waals surface area contributed by atoms with Gasteiger partial charge in [-0.3, -0.25) is 0 Å². The summed E-state index contributed by atoms with van der Waals surface area (Å²) in [4.78, 5) is 11.6. The topological polar surface area (TPSA) is 54.0 Å². The van der Waals surface area contributed by atoms with Crippen molar-refractivity contribution in [2.45, 2.75) is 39.5 Å². The van der Waals surface area contributed by atoms with Crippen molar-refractivity contribution in [3.05, 3.63) is 11.3 Å². The van der Waals surface area contributed by atoms with Crippen molar-refractivity contribution in [1.29, 1.82) is 0 Å². The normalized spacial score (nSPS) is 16.0. The summed E-state index contributed by atoms with van der Waals surface area (Å²) >= 11 is 0. The first-order chi connectivity index (χ1) is 8.72. The molecule has 1 rings (SSSR count). The van der Waals surface area contributed by atoms with Crippen LogP contribution in [0.15, 0.2) is 11.3 Å². The third kappa shape index (κ3) is 4.56. The summed E-state index contributed by atoms with van der Waals surface area (Å²) in [6.45, 7) is 4.81. The highest BCUT2D eigenvalue weighted by Crippen LogP contribution is 2.44. The summed E-state index contributed by atoms with van der Waals surface area (Å²) in [6.07, 6.45) is 3.43. The lowest BCUT2D eigenvalue weighted by Crippen LogP contribution is -2.13. The van der Waals surface area contributed by atoms with Crippen LogP contribution in [0.3, 0.4) is 0 Å². The third-order valence-electron chi connectivity index (χ3n) is 2.50. The lowest BCUT2D eigenvalue weighted by Gasteiger charge is -2.22. The fourth-order valence-corrected chi connectivity index (χ4v) is 2.69. The zero-order chi connectivity index (χ0) is 13.4. The molecule has 0 spiro atoms. The Morgan fingerprint density at radius 3 is 2.33 bits per heavy atom. The summed E-state index contributed by atoms with van der Waals surface area (Å²) in [6, 6.07) is 0. The average molecular weight is 276 g/mol. The molecule has 18 heavy (non-hydrogen) atoms. The molecule has 0 aromatic carbocycles. The number of hydrogen-bond acceptors (Lipinski definition) is 5. The largest absolute Gasteiger partial charge is 0.466 e. The molecule has 0 heterocycles. The lowest BCUT2D eigenvalue weighted by atomic mass is 9.98. The molecule has 0 amide bonds. The number of hydrogen-bond donors (Lipinski definition) is 0. The zero-order valence-corrected chi connectivity index (χ0v) is 12.1. The zero-order valence-electron chi connectivity index (χ0n) is 11.2. The van der Waals surface area contributed by atoms with Crippen molar-refractivity contribution in [2.75, 3.05) is 20.3 Å². The Kier molecular flexibility index (Phi) is 7.25. The first-order valence-corrected chi connectivity index (χ1v) is 7.36. The van der Waals surface area contributed by atoms with E-state index in [0.29, 0.717) is 31.0 Å². The van der Waals surface area contributed by atoms with Gasteiger partial charge in [0.15, 0.2) is 0 Å². The molecular formula is C12H21O5P. The van der Waals surface area contributed by atoms with E-state index in [2.05, 4.69) is 0 Å². The second-order valence-corrected chi connectivity index (χ2v) is 4.90. The van der Waals surface area contributed by atoms with Gasteiger partial charge in [-0.05, 0) is 33.1 Å².